The summed E-state index contributed by atoms with van der Waals surface area (Å²) < 4.78 is 0. The van der Waals surface area contributed by atoms with Crippen molar-refractivity contribution in [3.8, 4) is 0 Å². The fourth-order valence-electron chi connectivity index (χ4n) is 3.10. The number of carbonyl (C=O) groups is 1. The van der Waals surface area contributed by atoms with Gasteiger partial charge in [0, 0.05) is 36.4 Å². The van der Waals surface area contributed by atoms with Gasteiger partial charge in [0.05, 0.1) is 0 Å². The summed E-state index contributed by atoms with van der Waals surface area (Å²) in [6, 6.07) is 8.13. The van der Waals surface area contributed by atoms with Crippen LogP contribution in [0.4, 0.5) is 0 Å². The molecule has 0 amide bonds. The molecule has 120 valence electrons. The van der Waals surface area contributed by atoms with Crippen LogP contribution in [0, 0.1) is 5.92 Å². The van der Waals surface area contributed by atoms with Gasteiger partial charge in [-0.3, -0.25) is 4.90 Å². The molecule has 5 nitrogen and oxygen atoms in total. The number of carboxylic acid groups (broad SMARTS) is 1. The highest BCUT2D eigenvalue weighted by molar-refractivity contribution is 5.79. The zero-order valence-corrected chi connectivity index (χ0v) is 13.1. The van der Waals surface area contributed by atoms with E-state index in [1.807, 2.05) is 12.1 Å². The lowest BCUT2D eigenvalue weighted by atomic mass is 10.0. The second-order valence-electron chi connectivity index (χ2n) is 6.05. The van der Waals surface area contributed by atoms with Gasteiger partial charge in [-0.25, -0.2) is 14.8 Å². The quantitative estimate of drug-likeness (QED) is 0.830. The molecule has 0 aliphatic carbocycles. The van der Waals surface area contributed by atoms with E-state index in [0.717, 1.165) is 49.2 Å². The number of rotatable bonds is 6. The first-order valence-electron chi connectivity index (χ1n) is 8.03. The summed E-state index contributed by atoms with van der Waals surface area (Å²) in [4.78, 5) is 21.7. The van der Waals surface area contributed by atoms with Crippen LogP contribution in [0.3, 0.4) is 0 Å². The first-order valence-corrected chi connectivity index (χ1v) is 8.03. The average molecular weight is 311 g/mol. The number of hydrogen-bond acceptors (Lipinski definition) is 4. The van der Waals surface area contributed by atoms with Gasteiger partial charge < -0.3 is 5.11 Å². The Hall–Kier alpha value is -2.27. The van der Waals surface area contributed by atoms with E-state index in [4.69, 9.17) is 5.11 Å². The van der Waals surface area contributed by atoms with E-state index in [-0.39, 0.29) is 0 Å². The average Bonchev–Trinajstić information content (AvgIpc) is 3.00. The lowest BCUT2D eigenvalue weighted by Crippen LogP contribution is -2.21. The van der Waals surface area contributed by atoms with Crippen molar-refractivity contribution in [2.24, 2.45) is 5.92 Å². The van der Waals surface area contributed by atoms with Crippen LogP contribution in [-0.2, 0) is 11.2 Å². The summed E-state index contributed by atoms with van der Waals surface area (Å²) in [5.74, 6) is -0.216. The highest BCUT2D eigenvalue weighted by atomic mass is 16.4. The van der Waals surface area contributed by atoms with Crippen LogP contribution in [0.2, 0.25) is 0 Å². The molecule has 3 heterocycles. The molecule has 1 aliphatic rings. The van der Waals surface area contributed by atoms with E-state index in [1.165, 1.54) is 12.5 Å². The third-order valence-corrected chi connectivity index (χ3v) is 4.32. The number of nitrogens with zero attached hydrogens (tertiary/aromatic N) is 3. The Morgan fingerprint density at radius 2 is 2.30 bits per heavy atom. The van der Waals surface area contributed by atoms with Crippen LogP contribution in [0.15, 0.2) is 42.6 Å². The molecule has 1 atom stereocenters. The summed E-state index contributed by atoms with van der Waals surface area (Å²) in [6.07, 6.45) is 7.98. The lowest BCUT2D eigenvalue weighted by molar-refractivity contribution is -0.131. The molecule has 0 radical (unpaired) electrons. The maximum atomic E-state index is 10.5. The predicted molar refractivity (Wildman–Crippen MR) is 89.2 cm³/mol. The monoisotopic (exact) mass is 311 g/mol. The fourth-order valence-corrected chi connectivity index (χ4v) is 3.10. The number of pyridine rings is 2. The van der Waals surface area contributed by atoms with Gasteiger partial charge in [0.25, 0.3) is 0 Å². The van der Waals surface area contributed by atoms with Crippen molar-refractivity contribution in [3.05, 3.63) is 48.3 Å². The van der Waals surface area contributed by atoms with E-state index in [9.17, 15) is 4.79 Å². The molecule has 2 aromatic rings. The molecule has 1 fully saturated rings. The van der Waals surface area contributed by atoms with Gasteiger partial charge in [0.2, 0.25) is 0 Å². The molecule has 1 unspecified atom stereocenters. The van der Waals surface area contributed by atoms with E-state index in [0.29, 0.717) is 5.92 Å². The van der Waals surface area contributed by atoms with Crippen LogP contribution >= 0.6 is 0 Å². The Kier molecular flexibility index (Phi) is 4.98. The zero-order chi connectivity index (χ0) is 16.1. The molecule has 1 N–H and O–H groups in total. The number of fused-ring (bicyclic) bond motifs is 1. The van der Waals surface area contributed by atoms with Crippen molar-refractivity contribution in [3.63, 3.8) is 0 Å². The molecule has 5 heteroatoms. The van der Waals surface area contributed by atoms with Gasteiger partial charge in [-0.05, 0) is 56.0 Å². The second-order valence-corrected chi connectivity index (χ2v) is 6.05. The van der Waals surface area contributed by atoms with E-state index >= 15 is 0 Å². The molecular weight excluding hydrogens is 290 g/mol. The SMILES string of the molecule is O=C(O)C=CCN1CCC(CCc2ccc3cccnc3n2)C1. The maximum absolute atomic E-state index is 10.5. The Balaban J connectivity index is 1.49. The van der Waals surface area contributed by atoms with Gasteiger partial charge in [0.15, 0.2) is 5.65 Å². The highest BCUT2D eigenvalue weighted by Gasteiger charge is 2.21. The zero-order valence-electron chi connectivity index (χ0n) is 13.1. The van der Waals surface area contributed by atoms with Gasteiger partial charge >= 0.3 is 5.97 Å². The van der Waals surface area contributed by atoms with E-state index < -0.39 is 5.97 Å². The van der Waals surface area contributed by atoms with Gasteiger partial charge in [-0.1, -0.05) is 6.08 Å². The normalized spacial score (nSPS) is 18.9. The fraction of sp³-hybridized carbons (Fsp3) is 0.389. The minimum atomic E-state index is -0.878. The van der Waals surface area contributed by atoms with Crippen molar-refractivity contribution in [1.82, 2.24) is 14.9 Å². The van der Waals surface area contributed by atoms with Crippen LogP contribution in [0.1, 0.15) is 18.5 Å². The van der Waals surface area contributed by atoms with E-state index in [2.05, 4.69) is 27.0 Å². The number of aliphatic carboxylic acids is 1. The molecule has 1 aliphatic heterocycles. The largest absolute Gasteiger partial charge is 0.478 e. The Morgan fingerprint density at radius 1 is 1.39 bits per heavy atom. The smallest absolute Gasteiger partial charge is 0.328 e. The summed E-state index contributed by atoms with van der Waals surface area (Å²) in [5, 5.41) is 9.68. The van der Waals surface area contributed by atoms with Gasteiger partial charge in [-0.2, -0.15) is 0 Å². The lowest BCUT2D eigenvalue weighted by Gasteiger charge is -2.13. The van der Waals surface area contributed by atoms with Crippen LogP contribution < -0.4 is 0 Å². The molecule has 1 saturated heterocycles. The summed E-state index contributed by atoms with van der Waals surface area (Å²) in [7, 11) is 0. The van der Waals surface area contributed by atoms with E-state index in [1.54, 1.807) is 12.3 Å². The van der Waals surface area contributed by atoms with Crippen molar-refractivity contribution < 1.29 is 9.90 Å². The van der Waals surface area contributed by atoms with Gasteiger partial charge in [0.1, 0.15) is 0 Å². The molecular formula is C18H21N3O2. The number of carboxylic acids is 1. The minimum absolute atomic E-state index is 0.662. The molecule has 0 bridgehead atoms. The van der Waals surface area contributed by atoms with Crippen molar-refractivity contribution in [1.29, 1.82) is 0 Å². The number of likely N-dealkylation sites (tertiary alicyclic amines) is 1. The van der Waals surface area contributed by atoms with Crippen LogP contribution in [0.25, 0.3) is 11.0 Å². The minimum Gasteiger partial charge on any atom is -0.478 e. The number of hydrogen-bond donors (Lipinski definition) is 1. The highest BCUT2D eigenvalue weighted by Crippen LogP contribution is 2.21. The maximum Gasteiger partial charge on any atom is 0.328 e. The van der Waals surface area contributed by atoms with Crippen molar-refractivity contribution in [2.75, 3.05) is 19.6 Å². The first kappa shape index (κ1) is 15.6. The third-order valence-electron chi connectivity index (χ3n) is 4.32. The van der Waals surface area contributed by atoms with Crippen LogP contribution in [0.5, 0.6) is 0 Å². The molecule has 0 spiro atoms. The topological polar surface area (TPSA) is 66.3 Å². The number of aromatic nitrogens is 2. The Bertz CT molecular complexity index is 714. The predicted octanol–water partition coefficient (Wildman–Crippen LogP) is 2.53. The molecule has 23 heavy (non-hydrogen) atoms. The molecule has 0 saturated carbocycles. The summed E-state index contributed by atoms with van der Waals surface area (Å²) in [5.41, 5.74) is 1.91. The standard InChI is InChI=1S/C18H21N3O2/c22-17(23)4-2-11-21-12-9-14(13-21)5-7-16-8-6-15-3-1-10-19-18(15)20-16/h1-4,6,8,10,14H,5,7,9,11-13H2,(H,22,23). The summed E-state index contributed by atoms with van der Waals surface area (Å²) >= 11 is 0. The third kappa shape index (κ3) is 4.36. The Labute approximate surface area is 135 Å². The van der Waals surface area contributed by atoms with Crippen molar-refractivity contribution in [2.45, 2.75) is 19.3 Å². The van der Waals surface area contributed by atoms with Crippen molar-refractivity contribution >= 4 is 17.0 Å². The van der Waals surface area contributed by atoms with Gasteiger partial charge in [-0.15, -0.1) is 0 Å². The Morgan fingerprint density at radius 3 is 3.17 bits per heavy atom. The summed E-state index contributed by atoms with van der Waals surface area (Å²) in [6.45, 7) is 2.80. The molecule has 3 rings (SSSR count). The number of aryl methyl sites for hydroxylation is 1. The first-order chi connectivity index (χ1) is 11.2. The second kappa shape index (κ2) is 7.33. The molecule has 2 aromatic heterocycles. The molecule has 0 aromatic carbocycles. The van der Waals surface area contributed by atoms with Crippen LogP contribution in [-0.4, -0.2) is 45.6 Å².